The Balaban J connectivity index is 3.14. The minimum atomic E-state index is -0.634. The summed E-state index contributed by atoms with van der Waals surface area (Å²) >= 11 is 0. The molecule has 0 saturated carbocycles. The Hall–Kier alpha value is -2.37. The summed E-state index contributed by atoms with van der Waals surface area (Å²) in [6, 6.07) is 2.47. The molecule has 6 nitrogen and oxygen atoms in total. The molecular formula is C13H15NO5. The quantitative estimate of drug-likeness (QED) is 0.328. The van der Waals surface area contributed by atoms with Crippen LogP contribution in [-0.4, -0.2) is 24.9 Å². The lowest BCUT2D eigenvalue weighted by molar-refractivity contribution is -0.385. The highest BCUT2D eigenvalue weighted by atomic mass is 16.6. The van der Waals surface area contributed by atoms with E-state index in [1.807, 2.05) is 6.92 Å². The van der Waals surface area contributed by atoms with Gasteiger partial charge in [0.2, 0.25) is 0 Å². The summed E-state index contributed by atoms with van der Waals surface area (Å²) in [7, 11) is 1.40. The number of benzene rings is 1. The molecule has 0 radical (unpaired) electrons. The van der Waals surface area contributed by atoms with Gasteiger partial charge in [-0.1, -0.05) is 13.5 Å². The van der Waals surface area contributed by atoms with Crippen LogP contribution >= 0.6 is 0 Å². The van der Waals surface area contributed by atoms with Crippen molar-refractivity contribution in [1.29, 1.82) is 0 Å². The van der Waals surface area contributed by atoms with Gasteiger partial charge in [0.1, 0.15) is 6.61 Å². The molecule has 0 aliphatic rings. The van der Waals surface area contributed by atoms with E-state index in [1.54, 1.807) is 0 Å². The predicted molar refractivity (Wildman–Crippen MR) is 70.0 cm³/mol. The van der Waals surface area contributed by atoms with Crippen molar-refractivity contribution in [3.8, 4) is 11.5 Å². The van der Waals surface area contributed by atoms with E-state index >= 15 is 0 Å². The van der Waals surface area contributed by atoms with Crippen LogP contribution in [0, 0.1) is 10.1 Å². The topological polar surface area (TPSA) is 78.7 Å². The van der Waals surface area contributed by atoms with Crippen molar-refractivity contribution in [2.75, 3.05) is 13.7 Å². The number of carbonyl (C=O) groups is 1. The maximum absolute atomic E-state index is 10.9. The second kappa shape index (κ2) is 6.53. The zero-order valence-electron chi connectivity index (χ0n) is 10.8. The normalized spacial score (nSPS) is 9.79. The zero-order valence-corrected chi connectivity index (χ0v) is 10.8. The molecule has 1 aromatic rings. The van der Waals surface area contributed by atoms with Gasteiger partial charge in [-0.25, -0.2) is 0 Å². The molecular weight excluding hydrogens is 250 g/mol. The molecule has 19 heavy (non-hydrogen) atoms. The monoisotopic (exact) mass is 265 g/mol. The zero-order chi connectivity index (χ0) is 14.4. The molecule has 102 valence electrons. The van der Waals surface area contributed by atoms with Crippen molar-refractivity contribution in [3.63, 3.8) is 0 Å². The van der Waals surface area contributed by atoms with Crippen LogP contribution in [-0.2, 0) is 0 Å². The summed E-state index contributed by atoms with van der Waals surface area (Å²) in [4.78, 5) is 21.0. The predicted octanol–water partition coefficient (Wildman–Crippen LogP) is 2.76. The van der Waals surface area contributed by atoms with Gasteiger partial charge in [0.15, 0.2) is 17.8 Å². The van der Waals surface area contributed by atoms with Crippen molar-refractivity contribution in [2.45, 2.75) is 13.3 Å². The van der Waals surface area contributed by atoms with E-state index in [2.05, 4.69) is 6.58 Å². The maximum Gasteiger partial charge on any atom is 0.283 e. The van der Waals surface area contributed by atoms with E-state index in [0.717, 1.165) is 12.0 Å². The Bertz CT molecular complexity index is 510. The molecule has 0 saturated heterocycles. The number of carbonyl (C=O) groups excluding carboxylic acids is 1. The lowest BCUT2D eigenvalue weighted by Gasteiger charge is -2.11. The Labute approximate surface area is 110 Å². The molecule has 0 aliphatic heterocycles. The third-order valence-electron chi connectivity index (χ3n) is 2.57. The van der Waals surface area contributed by atoms with E-state index in [-0.39, 0.29) is 29.4 Å². The van der Waals surface area contributed by atoms with E-state index in [1.165, 1.54) is 19.2 Å². The number of methoxy groups -OCH3 is 1. The molecule has 0 fully saturated rings. The number of ether oxygens (including phenoxy) is 2. The van der Waals surface area contributed by atoms with Crippen LogP contribution in [0.3, 0.4) is 0 Å². The van der Waals surface area contributed by atoms with Gasteiger partial charge in [0, 0.05) is 6.07 Å². The van der Waals surface area contributed by atoms with Crippen LogP contribution in [0.1, 0.15) is 23.7 Å². The summed E-state index contributed by atoms with van der Waals surface area (Å²) < 4.78 is 10.5. The minimum absolute atomic E-state index is 0.0523. The largest absolute Gasteiger partial charge is 0.493 e. The van der Waals surface area contributed by atoms with E-state index in [9.17, 15) is 14.9 Å². The summed E-state index contributed by atoms with van der Waals surface area (Å²) in [5.74, 6) is 0.492. The summed E-state index contributed by atoms with van der Waals surface area (Å²) in [5, 5.41) is 10.9. The number of rotatable bonds is 7. The van der Waals surface area contributed by atoms with Crippen molar-refractivity contribution >= 4 is 12.0 Å². The Kier molecular flexibility index (Phi) is 5.05. The van der Waals surface area contributed by atoms with Crippen LogP contribution in [0.5, 0.6) is 11.5 Å². The first kappa shape index (κ1) is 14.7. The smallest absolute Gasteiger partial charge is 0.283 e. The van der Waals surface area contributed by atoms with Crippen LogP contribution in [0.25, 0.3) is 0 Å². The average molecular weight is 265 g/mol. The van der Waals surface area contributed by atoms with E-state index < -0.39 is 4.92 Å². The molecule has 1 aromatic carbocycles. The fourth-order valence-corrected chi connectivity index (χ4v) is 1.37. The fourth-order valence-electron chi connectivity index (χ4n) is 1.37. The molecule has 0 unspecified atom stereocenters. The average Bonchev–Trinajstić information content (AvgIpc) is 2.43. The lowest BCUT2D eigenvalue weighted by Crippen LogP contribution is -2.03. The number of hydrogen-bond acceptors (Lipinski definition) is 5. The standard InChI is InChI=1S/C13H15NO5/c1-4-9(2)8-19-13-6-11(14(16)17)10(7-15)5-12(13)18-3/h5-7H,2,4,8H2,1,3H3. The molecule has 0 N–H and O–H groups in total. The van der Waals surface area contributed by atoms with Crippen LogP contribution < -0.4 is 9.47 Å². The fraction of sp³-hybridized carbons (Fsp3) is 0.308. The van der Waals surface area contributed by atoms with Gasteiger partial charge in [-0.2, -0.15) is 0 Å². The molecule has 0 bridgehead atoms. The van der Waals surface area contributed by atoms with Crippen molar-refractivity contribution in [1.82, 2.24) is 0 Å². The third-order valence-corrected chi connectivity index (χ3v) is 2.57. The van der Waals surface area contributed by atoms with Gasteiger partial charge in [-0.3, -0.25) is 14.9 Å². The molecule has 0 atom stereocenters. The van der Waals surface area contributed by atoms with E-state index in [4.69, 9.17) is 9.47 Å². The van der Waals surface area contributed by atoms with Crippen molar-refractivity contribution in [2.24, 2.45) is 0 Å². The Morgan fingerprint density at radius 2 is 2.16 bits per heavy atom. The van der Waals surface area contributed by atoms with Crippen molar-refractivity contribution < 1.29 is 19.2 Å². The van der Waals surface area contributed by atoms with Gasteiger partial charge in [-0.05, 0) is 12.0 Å². The first-order chi connectivity index (χ1) is 9.03. The molecule has 0 spiro atoms. The van der Waals surface area contributed by atoms with Crippen LogP contribution in [0.15, 0.2) is 24.3 Å². The first-order valence-corrected chi connectivity index (χ1v) is 5.64. The van der Waals surface area contributed by atoms with Crippen LogP contribution in [0.2, 0.25) is 0 Å². The SMILES string of the molecule is C=C(CC)COc1cc([N+](=O)[O-])c(C=O)cc1OC. The van der Waals surface area contributed by atoms with Gasteiger partial charge < -0.3 is 9.47 Å². The Morgan fingerprint density at radius 1 is 1.47 bits per heavy atom. The van der Waals surface area contributed by atoms with Gasteiger partial charge in [0.05, 0.1) is 23.7 Å². The number of nitro groups is 1. The summed E-state index contributed by atoms with van der Waals surface area (Å²) in [5.41, 5.74) is 0.487. The minimum Gasteiger partial charge on any atom is -0.493 e. The number of hydrogen-bond donors (Lipinski definition) is 0. The van der Waals surface area contributed by atoms with Gasteiger partial charge in [0.25, 0.3) is 5.69 Å². The number of nitro benzene ring substituents is 1. The Morgan fingerprint density at radius 3 is 2.63 bits per heavy atom. The second-order valence-electron chi connectivity index (χ2n) is 3.83. The third kappa shape index (κ3) is 3.54. The summed E-state index contributed by atoms with van der Waals surface area (Å²) in [6.45, 7) is 5.95. The number of aldehydes is 1. The molecule has 1 rings (SSSR count). The van der Waals surface area contributed by atoms with Crippen molar-refractivity contribution in [3.05, 3.63) is 40.0 Å². The van der Waals surface area contributed by atoms with E-state index in [0.29, 0.717) is 6.29 Å². The van der Waals surface area contributed by atoms with Crippen LogP contribution in [0.4, 0.5) is 5.69 Å². The van der Waals surface area contributed by atoms with Gasteiger partial charge in [-0.15, -0.1) is 0 Å². The first-order valence-electron chi connectivity index (χ1n) is 5.64. The molecule has 0 amide bonds. The lowest BCUT2D eigenvalue weighted by atomic mass is 10.1. The number of nitrogens with zero attached hydrogens (tertiary/aromatic N) is 1. The summed E-state index contributed by atoms with van der Waals surface area (Å²) in [6.07, 6.45) is 1.16. The highest BCUT2D eigenvalue weighted by molar-refractivity contribution is 5.83. The highest BCUT2D eigenvalue weighted by Gasteiger charge is 2.19. The van der Waals surface area contributed by atoms with Gasteiger partial charge >= 0.3 is 0 Å². The maximum atomic E-state index is 10.9. The molecule has 6 heteroatoms. The second-order valence-corrected chi connectivity index (χ2v) is 3.83. The molecule has 0 aromatic heterocycles. The molecule has 0 heterocycles. The highest BCUT2D eigenvalue weighted by Crippen LogP contribution is 2.34. The molecule has 0 aliphatic carbocycles.